The number of thiophene rings is 1. The van der Waals surface area contributed by atoms with Crippen molar-refractivity contribution in [2.75, 3.05) is 5.32 Å². The molecule has 0 atom stereocenters. The van der Waals surface area contributed by atoms with Gasteiger partial charge in [-0.05, 0) is 40.6 Å². The number of anilines is 1. The van der Waals surface area contributed by atoms with Gasteiger partial charge >= 0.3 is 0 Å². The highest BCUT2D eigenvalue weighted by Crippen LogP contribution is 2.34. The zero-order chi connectivity index (χ0) is 23.9. The van der Waals surface area contributed by atoms with Crippen LogP contribution >= 0.6 is 11.3 Å². The number of H-pyrrole nitrogens is 2. The molecule has 0 radical (unpaired) electrons. The molecule has 0 saturated carbocycles. The monoisotopic (exact) mass is 483 g/mol. The van der Waals surface area contributed by atoms with Crippen LogP contribution in [0.3, 0.4) is 0 Å². The molecule has 5 heterocycles. The number of aromatic amines is 2. The summed E-state index contributed by atoms with van der Waals surface area (Å²) >= 11 is 1.62. The number of nitrogens with one attached hydrogen (secondary N) is 3. The van der Waals surface area contributed by atoms with Crippen LogP contribution in [0.25, 0.3) is 55.8 Å². The number of carbonyl (C=O) groups excluding carboxylic acids is 1. The van der Waals surface area contributed by atoms with E-state index in [0.29, 0.717) is 51.3 Å². The van der Waals surface area contributed by atoms with E-state index in [2.05, 4.69) is 40.8 Å². The summed E-state index contributed by atoms with van der Waals surface area (Å²) in [6, 6.07) is 8.80. The number of hydrogen-bond donors (Lipinski definition) is 3. The lowest BCUT2D eigenvalue weighted by atomic mass is 10.0. The first-order valence-corrected chi connectivity index (χ1v) is 11.9. The van der Waals surface area contributed by atoms with Crippen molar-refractivity contribution >= 4 is 45.0 Å². The van der Waals surface area contributed by atoms with Gasteiger partial charge in [0.15, 0.2) is 11.5 Å². The number of amides is 1. The Bertz CT molecular complexity index is 1700. The van der Waals surface area contributed by atoms with Gasteiger partial charge in [0.25, 0.3) is 0 Å². The summed E-state index contributed by atoms with van der Waals surface area (Å²) in [5.41, 5.74) is 5.94. The predicted molar refractivity (Wildman–Crippen MR) is 134 cm³/mol. The van der Waals surface area contributed by atoms with Crippen LogP contribution in [0.1, 0.15) is 13.3 Å². The summed E-state index contributed by atoms with van der Waals surface area (Å²) < 4.78 is 15.1. The second-order valence-electron chi connectivity index (χ2n) is 7.97. The molecule has 3 N–H and O–H groups in total. The summed E-state index contributed by atoms with van der Waals surface area (Å²) in [5.74, 6) is -0.0436. The minimum atomic E-state index is -0.431. The number of carbonyl (C=O) groups is 1. The number of hydrogen-bond acceptors (Lipinski definition) is 6. The molecule has 1 amide bonds. The lowest BCUT2D eigenvalue weighted by Gasteiger charge is -2.08. The molecule has 5 aromatic heterocycles. The molecule has 0 saturated heterocycles. The third-order valence-electron chi connectivity index (χ3n) is 5.75. The number of halogens is 1. The molecule has 0 bridgehead atoms. The first-order valence-electron chi connectivity index (χ1n) is 10.9. The van der Waals surface area contributed by atoms with Gasteiger partial charge in [0.2, 0.25) is 5.91 Å². The fraction of sp³-hybridized carbons (Fsp3) is 0.0800. The largest absolute Gasteiger partial charge is 0.335 e. The van der Waals surface area contributed by atoms with Gasteiger partial charge in [-0.2, -0.15) is 16.4 Å². The maximum atomic E-state index is 15.1. The zero-order valence-electron chi connectivity index (χ0n) is 18.5. The van der Waals surface area contributed by atoms with Crippen LogP contribution < -0.4 is 5.32 Å². The normalized spacial score (nSPS) is 11.4. The van der Waals surface area contributed by atoms with E-state index in [1.807, 2.05) is 17.5 Å². The van der Waals surface area contributed by atoms with E-state index in [4.69, 9.17) is 0 Å². The summed E-state index contributed by atoms with van der Waals surface area (Å²) in [5, 5.41) is 14.9. The number of imidazole rings is 1. The highest BCUT2D eigenvalue weighted by atomic mass is 32.1. The number of fused-ring (bicyclic) bond motifs is 2. The zero-order valence-corrected chi connectivity index (χ0v) is 19.3. The van der Waals surface area contributed by atoms with Crippen LogP contribution in [0.4, 0.5) is 10.1 Å². The molecule has 0 aliphatic rings. The molecule has 1 aromatic carbocycles. The fourth-order valence-corrected chi connectivity index (χ4v) is 4.68. The van der Waals surface area contributed by atoms with E-state index in [1.165, 1.54) is 12.3 Å². The van der Waals surface area contributed by atoms with Crippen LogP contribution in [0, 0.1) is 5.82 Å². The maximum absolute atomic E-state index is 15.1. The smallest absolute Gasteiger partial charge is 0.224 e. The van der Waals surface area contributed by atoms with Gasteiger partial charge in [-0.1, -0.05) is 6.92 Å². The SMILES string of the molecule is CCC(=O)Nc1cncc(-c2cc3c(-c4nc5nccc(-c6ccsc6)c5[nH]4)n[nH]c3cc2F)c1. The Balaban J connectivity index is 1.46. The quantitative estimate of drug-likeness (QED) is 0.288. The number of aromatic nitrogens is 6. The molecule has 8 nitrogen and oxygen atoms in total. The van der Waals surface area contributed by atoms with Crippen molar-refractivity contribution in [2.24, 2.45) is 0 Å². The Morgan fingerprint density at radius 3 is 2.89 bits per heavy atom. The van der Waals surface area contributed by atoms with Gasteiger partial charge < -0.3 is 10.3 Å². The summed E-state index contributed by atoms with van der Waals surface area (Å²) in [6.07, 6.45) is 5.16. The fourth-order valence-electron chi connectivity index (χ4n) is 4.03. The van der Waals surface area contributed by atoms with Gasteiger partial charge in [-0.25, -0.2) is 14.4 Å². The third kappa shape index (κ3) is 3.73. The van der Waals surface area contributed by atoms with Crippen LogP contribution in [-0.4, -0.2) is 36.0 Å². The van der Waals surface area contributed by atoms with Crippen molar-refractivity contribution in [3.8, 4) is 33.8 Å². The highest BCUT2D eigenvalue weighted by molar-refractivity contribution is 7.08. The molecule has 0 aliphatic carbocycles. The Morgan fingerprint density at radius 1 is 1.14 bits per heavy atom. The van der Waals surface area contributed by atoms with Crippen molar-refractivity contribution < 1.29 is 9.18 Å². The highest BCUT2D eigenvalue weighted by Gasteiger charge is 2.18. The lowest BCUT2D eigenvalue weighted by molar-refractivity contribution is -0.115. The summed E-state index contributed by atoms with van der Waals surface area (Å²) in [7, 11) is 0. The molecule has 0 unspecified atom stereocenters. The second kappa shape index (κ2) is 8.41. The van der Waals surface area contributed by atoms with Crippen LogP contribution in [0.2, 0.25) is 0 Å². The van der Waals surface area contributed by atoms with Gasteiger partial charge in [0.1, 0.15) is 11.5 Å². The van der Waals surface area contributed by atoms with Crippen molar-refractivity contribution in [1.29, 1.82) is 0 Å². The first kappa shape index (κ1) is 21.1. The lowest BCUT2D eigenvalue weighted by Crippen LogP contribution is -2.09. The molecule has 0 spiro atoms. The Labute approximate surface area is 202 Å². The van der Waals surface area contributed by atoms with E-state index >= 15 is 4.39 Å². The Morgan fingerprint density at radius 2 is 2.06 bits per heavy atom. The van der Waals surface area contributed by atoms with Crippen LogP contribution in [0.15, 0.2) is 59.7 Å². The van der Waals surface area contributed by atoms with Gasteiger partial charge in [-0.3, -0.25) is 14.9 Å². The predicted octanol–water partition coefficient (Wildman–Crippen LogP) is 5.78. The molecule has 6 aromatic rings. The Kier molecular flexibility index (Phi) is 5.07. The van der Waals surface area contributed by atoms with Crippen molar-refractivity contribution in [2.45, 2.75) is 13.3 Å². The van der Waals surface area contributed by atoms with Crippen LogP contribution in [0.5, 0.6) is 0 Å². The average Bonchev–Trinajstić information content (AvgIpc) is 3.62. The van der Waals surface area contributed by atoms with E-state index in [-0.39, 0.29) is 5.91 Å². The van der Waals surface area contributed by atoms with Gasteiger partial charge in [-0.15, -0.1) is 0 Å². The average molecular weight is 484 g/mol. The molecule has 0 aliphatic heterocycles. The minimum Gasteiger partial charge on any atom is -0.335 e. The number of pyridine rings is 2. The van der Waals surface area contributed by atoms with Crippen molar-refractivity contribution in [3.63, 3.8) is 0 Å². The topological polar surface area (TPSA) is 112 Å². The van der Waals surface area contributed by atoms with Crippen molar-refractivity contribution in [1.82, 2.24) is 30.1 Å². The molecule has 0 fully saturated rings. The second-order valence-corrected chi connectivity index (χ2v) is 8.75. The number of benzene rings is 1. The molecule has 35 heavy (non-hydrogen) atoms. The minimum absolute atomic E-state index is 0.141. The molecular formula is C25H18FN7OS. The van der Waals surface area contributed by atoms with E-state index < -0.39 is 5.82 Å². The standard InChI is InChI=1S/C25H18FN7OS/c1-2-21(34)29-15-7-14(10-27-11-15)17-8-18-20(9-19(17)26)32-33-23(18)25-30-22-16(13-4-6-35-12-13)3-5-28-24(22)31-25/h3-12H,2H2,1H3,(H,29,34)(H,32,33)(H,28,30,31). The molecule has 10 heteroatoms. The number of nitrogens with zero attached hydrogens (tertiary/aromatic N) is 4. The van der Waals surface area contributed by atoms with Crippen LogP contribution in [-0.2, 0) is 4.79 Å². The van der Waals surface area contributed by atoms with Gasteiger partial charge in [0.05, 0.1) is 22.9 Å². The number of rotatable bonds is 5. The summed E-state index contributed by atoms with van der Waals surface area (Å²) in [4.78, 5) is 28.4. The van der Waals surface area contributed by atoms with E-state index in [0.717, 1.165) is 16.6 Å². The van der Waals surface area contributed by atoms with Crippen molar-refractivity contribution in [3.05, 3.63) is 65.5 Å². The van der Waals surface area contributed by atoms with E-state index in [1.54, 1.807) is 42.8 Å². The molecular weight excluding hydrogens is 465 g/mol. The molecule has 6 rings (SSSR count). The third-order valence-corrected chi connectivity index (χ3v) is 6.44. The first-order chi connectivity index (χ1) is 17.1. The summed E-state index contributed by atoms with van der Waals surface area (Å²) in [6.45, 7) is 1.76. The maximum Gasteiger partial charge on any atom is 0.224 e. The Hall–Kier alpha value is -4.44. The molecule has 172 valence electrons. The van der Waals surface area contributed by atoms with Gasteiger partial charge in [0, 0.05) is 47.0 Å². The van der Waals surface area contributed by atoms with E-state index in [9.17, 15) is 4.79 Å².